The maximum Gasteiger partial charge on any atom is 0.260 e. The molecule has 2 aromatic rings. The number of carbonyl (C=O) groups is 1. The van der Waals surface area contributed by atoms with E-state index in [0.717, 1.165) is 5.00 Å². The van der Waals surface area contributed by atoms with Crippen molar-refractivity contribution in [1.82, 2.24) is 4.98 Å². The Morgan fingerprint density at radius 2 is 2.35 bits per heavy atom. The molecule has 0 saturated carbocycles. The number of hydrogen-bond donors (Lipinski definition) is 0. The summed E-state index contributed by atoms with van der Waals surface area (Å²) in [5.74, 6) is -0.169. The van der Waals surface area contributed by atoms with Gasteiger partial charge in [-0.15, -0.1) is 11.3 Å². The van der Waals surface area contributed by atoms with Crippen LogP contribution in [0.1, 0.15) is 15.9 Å². The summed E-state index contributed by atoms with van der Waals surface area (Å²) in [6.45, 7) is 0. The third kappa shape index (κ3) is 2.32. The largest absolute Gasteiger partial charge is 0.303 e. The first kappa shape index (κ1) is 11.3. The number of nitrogens with zero attached hydrogens (tertiary/aromatic N) is 3. The number of anilines is 1. The number of rotatable bonds is 2. The lowest BCUT2D eigenvalue weighted by atomic mass is 10.2. The van der Waals surface area contributed by atoms with Gasteiger partial charge in [-0.1, -0.05) is 0 Å². The van der Waals surface area contributed by atoms with Gasteiger partial charge in [0.25, 0.3) is 5.91 Å². The number of pyridine rings is 1. The zero-order valence-corrected chi connectivity index (χ0v) is 9.94. The Bertz CT molecular complexity index is 572. The van der Waals surface area contributed by atoms with Gasteiger partial charge in [-0.25, -0.2) is 0 Å². The first-order valence-electron chi connectivity index (χ1n) is 4.89. The molecule has 17 heavy (non-hydrogen) atoms. The van der Waals surface area contributed by atoms with E-state index in [9.17, 15) is 4.79 Å². The summed E-state index contributed by atoms with van der Waals surface area (Å²) in [6, 6.07) is 7.25. The number of thiophene rings is 1. The lowest BCUT2D eigenvalue weighted by molar-refractivity contribution is 0.0993. The molecule has 2 heterocycles. The van der Waals surface area contributed by atoms with E-state index in [1.54, 1.807) is 18.0 Å². The smallest absolute Gasteiger partial charge is 0.260 e. The molecule has 0 N–H and O–H groups in total. The fourth-order valence-electron chi connectivity index (χ4n) is 1.37. The van der Waals surface area contributed by atoms with E-state index in [0.29, 0.717) is 11.1 Å². The summed E-state index contributed by atoms with van der Waals surface area (Å²) in [5.41, 5.74) is 0.801. The molecular formula is C12H9N3OS. The molecule has 0 saturated heterocycles. The van der Waals surface area contributed by atoms with Crippen molar-refractivity contribution in [2.45, 2.75) is 0 Å². The molecule has 0 atom stereocenters. The van der Waals surface area contributed by atoms with Crippen LogP contribution in [0.5, 0.6) is 0 Å². The number of carbonyl (C=O) groups excluding carboxylic acids is 1. The number of aromatic nitrogens is 1. The average Bonchev–Trinajstić information content (AvgIpc) is 2.91. The Kier molecular flexibility index (Phi) is 3.17. The molecule has 0 aromatic carbocycles. The first-order valence-corrected chi connectivity index (χ1v) is 5.77. The van der Waals surface area contributed by atoms with Crippen LogP contribution in [0.2, 0.25) is 0 Å². The molecule has 2 aromatic heterocycles. The Labute approximate surface area is 103 Å². The lowest BCUT2D eigenvalue weighted by Gasteiger charge is -2.14. The molecular weight excluding hydrogens is 234 g/mol. The van der Waals surface area contributed by atoms with Gasteiger partial charge in [-0.3, -0.25) is 9.78 Å². The zero-order chi connectivity index (χ0) is 12.3. The molecule has 0 aliphatic heterocycles. The Morgan fingerprint density at radius 3 is 3.00 bits per heavy atom. The average molecular weight is 243 g/mol. The van der Waals surface area contributed by atoms with Crippen LogP contribution in [0.15, 0.2) is 36.0 Å². The molecule has 0 aliphatic rings. The van der Waals surface area contributed by atoms with Gasteiger partial charge < -0.3 is 4.90 Å². The van der Waals surface area contributed by atoms with E-state index in [-0.39, 0.29) is 5.91 Å². The van der Waals surface area contributed by atoms with Crippen molar-refractivity contribution in [2.24, 2.45) is 0 Å². The molecule has 2 rings (SSSR count). The lowest BCUT2D eigenvalue weighted by Crippen LogP contribution is -2.25. The minimum absolute atomic E-state index is 0.169. The fraction of sp³-hybridized carbons (Fsp3) is 0.0833. The summed E-state index contributed by atoms with van der Waals surface area (Å²) >= 11 is 1.48. The standard InChI is InChI=1S/C12H9N3OS/c1-15(11-3-2-4-17-11)12(16)10-5-9(6-13)7-14-8-10/h2-5,7-8H,1H3. The molecule has 0 unspecified atom stereocenters. The number of hydrogen-bond acceptors (Lipinski definition) is 4. The SMILES string of the molecule is CN(C(=O)c1cncc(C#N)c1)c1cccs1. The van der Waals surface area contributed by atoms with E-state index < -0.39 is 0 Å². The fourth-order valence-corrected chi connectivity index (χ4v) is 2.07. The van der Waals surface area contributed by atoms with Crippen molar-refractivity contribution < 1.29 is 4.79 Å². The molecule has 4 nitrogen and oxygen atoms in total. The molecule has 0 fully saturated rings. The highest BCUT2D eigenvalue weighted by Gasteiger charge is 2.14. The van der Waals surface area contributed by atoms with Crippen LogP contribution in [0.25, 0.3) is 0 Å². The molecule has 0 radical (unpaired) electrons. The molecule has 5 heteroatoms. The number of nitriles is 1. The van der Waals surface area contributed by atoms with Crippen molar-refractivity contribution in [2.75, 3.05) is 11.9 Å². The highest BCUT2D eigenvalue weighted by Crippen LogP contribution is 2.21. The van der Waals surface area contributed by atoms with Gasteiger partial charge in [0.1, 0.15) is 6.07 Å². The van der Waals surface area contributed by atoms with E-state index in [2.05, 4.69) is 4.98 Å². The van der Waals surface area contributed by atoms with Crippen molar-refractivity contribution in [1.29, 1.82) is 5.26 Å². The minimum Gasteiger partial charge on any atom is -0.303 e. The van der Waals surface area contributed by atoms with Gasteiger partial charge in [0, 0.05) is 19.4 Å². The number of amides is 1. The van der Waals surface area contributed by atoms with Gasteiger partial charge >= 0.3 is 0 Å². The van der Waals surface area contributed by atoms with Gasteiger partial charge in [0.2, 0.25) is 0 Å². The monoisotopic (exact) mass is 243 g/mol. The van der Waals surface area contributed by atoms with Crippen LogP contribution in [0.3, 0.4) is 0 Å². The second kappa shape index (κ2) is 4.76. The van der Waals surface area contributed by atoms with Crippen LogP contribution in [0.4, 0.5) is 5.00 Å². The van der Waals surface area contributed by atoms with Crippen molar-refractivity contribution >= 4 is 22.2 Å². The normalized spacial score (nSPS) is 9.65. The van der Waals surface area contributed by atoms with E-state index in [4.69, 9.17) is 5.26 Å². The molecule has 1 amide bonds. The Hall–Kier alpha value is -2.19. The molecule has 0 aliphatic carbocycles. The van der Waals surface area contributed by atoms with Crippen LogP contribution >= 0.6 is 11.3 Å². The highest BCUT2D eigenvalue weighted by atomic mass is 32.1. The van der Waals surface area contributed by atoms with Crippen molar-refractivity contribution in [3.63, 3.8) is 0 Å². The minimum atomic E-state index is -0.169. The molecule has 0 bridgehead atoms. The summed E-state index contributed by atoms with van der Waals surface area (Å²) in [7, 11) is 1.70. The summed E-state index contributed by atoms with van der Waals surface area (Å²) in [6.07, 6.45) is 2.90. The third-order valence-electron chi connectivity index (χ3n) is 2.26. The topological polar surface area (TPSA) is 57.0 Å². The highest BCUT2D eigenvalue weighted by molar-refractivity contribution is 7.14. The Morgan fingerprint density at radius 1 is 1.53 bits per heavy atom. The summed E-state index contributed by atoms with van der Waals surface area (Å²) in [5, 5.41) is 11.5. The van der Waals surface area contributed by atoms with E-state index >= 15 is 0 Å². The predicted molar refractivity (Wildman–Crippen MR) is 66.0 cm³/mol. The molecule has 84 valence electrons. The van der Waals surface area contributed by atoms with Crippen LogP contribution < -0.4 is 4.90 Å². The maximum atomic E-state index is 12.1. The zero-order valence-electron chi connectivity index (χ0n) is 9.12. The second-order valence-electron chi connectivity index (χ2n) is 3.39. The van der Waals surface area contributed by atoms with Gasteiger partial charge in [0.05, 0.1) is 16.1 Å². The van der Waals surface area contributed by atoms with E-state index in [1.807, 2.05) is 23.6 Å². The van der Waals surface area contributed by atoms with E-state index in [1.165, 1.54) is 23.7 Å². The molecule has 0 spiro atoms. The summed E-state index contributed by atoms with van der Waals surface area (Å²) < 4.78 is 0. The summed E-state index contributed by atoms with van der Waals surface area (Å²) in [4.78, 5) is 17.5. The van der Waals surface area contributed by atoms with Gasteiger partial charge in [-0.05, 0) is 23.6 Å². The maximum absolute atomic E-state index is 12.1. The van der Waals surface area contributed by atoms with Crippen molar-refractivity contribution in [3.8, 4) is 6.07 Å². The van der Waals surface area contributed by atoms with Crippen LogP contribution in [-0.4, -0.2) is 17.9 Å². The predicted octanol–water partition coefficient (Wildman–Crippen LogP) is 2.29. The first-order chi connectivity index (χ1) is 8.22. The second-order valence-corrected chi connectivity index (χ2v) is 4.32. The van der Waals surface area contributed by atoms with Crippen LogP contribution in [0, 0.1) is 11.3 Å². The third-order valence-corrected chi connectivity index (χ3v) is 3.20. The van der Waals surface area contributed by atoms with Gasteiger partial charge in [0.15, 0.2) is 0 Å². The van der Waals surface area contributed by atoms with Gasteiger partial charge in [-0.2, -0.15) is 5.26 Å². The quantitative estimate of drug-likeness (QED) is 0.813. The Balaban J connectivity index is 2.28. The van der Waals surface area contributed by atoms with Crippen molar-refractivity contribution in [3.05, 3.63) is 47.1 Å². The van der Waals surface area contributed by atoms with Crippen LogP contribution in [-0.2, 0) is 0 Å².